The average Bonchev–Trinajstić information content (AvgIpc) is 2.40. The van der Waals surface area contributed by atoms with Crippen molar-refractivity contribution in [3.8, 4) is 0 Å². The maximum Gasteiger partial charge on any atom is 0.0225 e. The van der Waals surface area contributed by atoms with E-state index < -0.39 is 0 Å². The Kier molecular flexibility index (Phi) is 5.99. The summed E-state index contributed by atoms with van der Waals surface area (Å²) in [6.07, 6.45) is 5.93. The van der Waals surface area contributed by atoms with Crippen LogP contribution < -0.4 is 0 Å². The van der Waals surface area contributed by atoms with Gasteiger partial charge < -0.3 is 9.78 Å². The summed E-state index contributed by atoms with van der Waals surface area (Å²) < 4.78 is 1.92. The van der Waals surface area contributed by atoms with Crippen molar-refractivity contribution >= 4 is 0 Å². The largest absolute Gasteiger partial charge is 0.368 e. The van der Waals surface area contributed by atoms with Crippen LogP contribution in [0.25, 0.3) is 0 Å². The summed E-state index contributed by atoms with van der Waals surface area (Å²) >= 11 is 0. The Balaban J connectivity index is 0.000001000. The Bertz CT molecular complexity index is 172. The molecule has 0 fully saturated rings. The van der Waals surface area contributed by atoms with E-state index in [2.05, 4.69) is 25.1 Å². The molecule has 0 N–H and O–H groups in total. The Morgan fingerprint density at radius 1 is 1.64 bits per heavy atom. The summed E-state index contributed by atoms with van der Waals surface area (Å²) in [5.41, 5.74) is 0. The Hall–Kier alpha value is 0.262. The van der Waals surface area contributed by atoms with Gasteiger partial charge in [-0.2, -0.15) is 6.07 Å². The molecule has 2 nitrogen and oxygen atoms in total. The first-order chi connectivity index (χ1) is 4.83. The first-order valence-electron chi connectivity index (χ1n) is 3.72. The average molecular weight is 375 g/mol. The van der Waals surface area contributed by atoms with Crippen LogP contribution >= 0.6 is 0 Å². The first kappa shape index (κ1) is 11.3. The van der Waals surface area contributed by atoms with E-state index in [0.717, 1.165) is 6.54 Å². The second-order valence-corrected chi connectivity index (χ2v) is 2.68. The number of aromatic nitrogens is 2. The van der Waals surface area contributed by atoms with Crippen LogP contribution in [0.4, 0.5) is 0 Å². The molecule has 3 heteroatoms. The smallest absolute Gasteiger partial charge is 0.0225 e. The summed E-state index contributed by atoms with van der Waals surface area (Å²) in [5, 5.41) is 4.00. The van der Waals surface area contributed by atoms with Crippen LogP contribution in [-0.2, 0) is 6.54 Å². The van der Waals surface area contributed by atoms with Gasteiger partial charge in [0.15, 0.2) is 0 Å². The van der Waals surface area contributed by atoms with Gasteiger partial charge in [0.1, 0.15) is 0 Å². The Morgan fingerprint density at radius 2 is 2.36 bits per heavy atom. The van der Waals surface area contributed by atoms with Gasteiger partial charge in [-0.05, 0) is 5.92 Å². The topological polar surface area (TPSA) is 17.8 Å². The SMILES string of the molecule is CC[C@H](C)Cn1cc[c-]n1.[U]. The van der Waals surface area contributed by atoms with Crippen LogP contribution in [0.2, 0.25) is 0 Å². The Labute approximate surface area is 91.7 Å². The summed E-state index contributed by atoms with van der Waals surface area (Å²) in [6, 6.07) is 1.84. The van der Waals surface area contributed by atoms with Gasteiger partial charge in [0, 0.05) is 37.7 Å². The molecule has 1 aromatic heterocycles. The van der Waals surface area contributed by atoms with Crippen molar-refractivity contribution in [3.05, 3.63) is 18.5 Å². The van der Waals surface area contributed by atoms with Crippen molar-refractivity contribution in [2.45, 2.75) is 26.8 Å². The van der Waals surface area contributed by atoms with E-state index in [9.17, 15) is 0 Å². The zero-order chi connectivity index (χ0) is 7.40. The van der Waals surface area contributed by atoms with E-state index in [-0.39, 0.29) is 31.1 Å². The molecule has 0 aliphatic rings. The predicted octanol–water partition coefficient (Wildman–Crippen LogP) is 1.73. The molecule has 0 aromatic carbocycles. The van der Waals surface area contributed by atoms with Crippen LogP contribution in [0.3, 0.4) is 0 Å². The van der Waals surface area contributed by atoms with E-state index >= 15 is 0 Å². The third-order valence-corrected chi connectivity index (χ3v) is 1.70. The number of nitrogens with zero attached hydrogens (tertiary/aromatic N) is 2. The van der Waals surface area contributed by atoms with E-state index in [1.54, 1.807) is 0 Å². The third kappa shape index (κ3) is 3.98. The van der Waals surface area contributed by atoms with Gasteiger partial charge in [0.25, 0.3) is 0 Å². The molecular formula is C8H13N2U-. The van der Waals surface area contributed by atoms with Crippen molar-refractivity contribution in [1.29, 1.82) is 0 Å². The maximum absolute atomic E-state index is 4.00. The molecule has 0 saturated carbocycles. The van der Waals surface area contributed by atoms with Crippen LogP contribution in [0, 0.1) is 43.2 Å². The van der Waals surface area contributed by atoms with Crippen LogP contribution in [-0.4, -0.2) is 9.78 Å². The van der Waals surface area contributed by atoms with Gasteiger partial charge in [-0.1, -0.05) is 20.3 Å². The molecular weight excluding hydrogens is 362 g/mol. The molecule has 0 spiro atoms. The molecule has 0 aliphatic carbocycles. The molecule has 0 aliphatic heterocycles. The van der Waals surface area contributed by atoms with Gasteiger partial charge in [-0.25, -0.2) is 0 Å². The molecule has 1 atom stereocenters. The van der Waals surface area contributed by atoms with Crippen LogP contribution in [0.1, 0.15) is 20.3 Å². The fourth-order valence-corrected chi connectivity index (χ4v) is 0.810. The van der Waals surface area contributed by atoms with Crippen molar-refractivity contribution in [1.82, 2.24) is 9.78 Å². The molecule has 0 amide bonds. The van der Waals surface area contributed by atoms with Gasteiger partial charge in [0.2, 0.25) is 0 Å². The third-order valence-electron chi connectivity index (χ3n) is 1.70. The summed E-state index contributed by atoms with van der Waals surface area (Å²) in [4.78, 5) is 0. The van der Waals surface area contributed by atoms with E-state index in [1.165, 1.54) is 6.42 Å². The molecule has 1 rings (SSSR count). The minimum absolute atomic E-state index is 0. The molecule has 0 bridgehead atoms. The molecule has 60 valence electrons. The van der Waals surface area contributed by atoms with Crippen LogP contribution in [0.15, 0.2) is 12.3 Å². The van der Waals surface area contributed by atoms with Crippen LogP contribution in [0.5, 0.6) is 0 Å². The van der Waals surface area contributed by atoms with Crippen molar-refractivity contribution < 1.29 is 31.1 Å². The second-order valence-electron chi connectivity index (χ2n) is 2.68. The van der Waals surface area contributed by atoms with Crippen molar-refractivity contribution in [3.63, 3.8) is 0 Å². The monoisotopic (exact) mass is 375 g/mol. The quantitative estimate of drug-likeness (QED) is 0.736. The molecule has 0 saturated heterocycles. The van der Waals surface area contributed by atoms with E-state index in [0.29, 0.717) is 5.92 Å². The predicted molar refractivity (Wildman–Crippen MR) is 40.5 cm³/mol. The van der Waals surface area contributed by atoms with E-state index in [4.69, 9.17) is 0 Å². The second kappa shape index (κ2) is 5.85. The maximum atomic E-state index is 4.00. The van der Waals surface area contributed by atoms with Gasteiger partial charge in [0.05, 0.1) is 0 Å². The fraction of sp³-hybridized carbons (Fsp3) is 0.625. The minimum Gasteiger partial charge on any atom is -0.368 e. The standard InChI is InChI=1S/C8H13N2.U/c1-3-8(2)7-10-6-4-5-9-10;/h4,6,8H,3,7H2,1-2H3;/q-1;/t8-;/m0./s1. The number of rotatable bonds is 3. The summed E-state index contributed by atoms with van der Waals surface area (Å²) in [5.74, 6) is 0.716. The molecule has 0 radical (unpaired) electrons. The number of hydrogen-bond acceptors (Lipinski definition) is 1. The molecule has 0 unspecified atom stereocenters. The van der Waals surface area contributed by atoms with Gasteiger partial charge in [-0.15, -0.1) is 12.4 Å². The molecule has 11 heavy (non-hydrogen) atoms. The minimum atomic E-state index is 0. The summed E-state index contributed by atoms with van der Waals surface area (Å²) in [6.45, 7) is 5.43. The summed E-state index contributed by atoms with van der Waals surface area (Å²) in [7, 11) is 0. The first-order valence-corrected chi connectivity index (χ1v) is 3.72. The van der Waals surface area contributed by atoms with E-state index in [1.807, 2.05) is 16.9 Å². The number of hydrogen-bond donors (Lipinski definition) is 0. The zero-order valence-corrected chi connectivity index (χ0v) is 11.2. The van der Waals surface area contributed by atoms with Gasteiger partial charge in [-0.3, -0.25) is 0 Å². The fourth-order valence-electron chi connectivity index (χ4n) is 0.810. The molecule has 1 heterocycles. The molecule has 1 aromatic rings. The van der Waals surface area contributed by atoms with Gasteiger partial charge >= 0.3 is 0 Å². The normalized spacial score (nSPS) is 12.2. The Morgan fingerprint density at radius 3 is 2.82 bits per heavy atom. The van der Waals surface area contributed by atoms with Crippen molar-refractivity contribution in [2.75, 3.05) is 0 Å². The van der Waals surface area contributed by atoms with Crippen molar-refractivity contribution in [2.24, 2.45) is 5.92 Å². The zero-order valence-electron chi connectivity index (χ0n) is 7.04.